The third-order valence-corrected chi connectivity index (χ3v) is 5.29. The van der Waals surface area contributed by atoms with Crippen LogP contribution in [0.4, 0.5) is 5.69 Å². The molecule has 3 aromatic rings. The number of carbonyl (C=O) groups is 2. The molecule has 1 atom stereocenters. The number of anilines is 1. The quantitative estimate of drug-likeness (QED) is 0.376. The molecule has 1 fully saturated rings. The Bertz CT molecular complexity index is 1200. The number of Topliss-reactive ketones (excluding diaryl/α,β-unsaturated/α-hetero) is 1. The molecular formula is C25H21NO5. The minimum atomic E-state index is -0.892. The SMILES string of the molecule is COc1cc(C2/C(=C(/O)c3ccccc3)C(=O)C(=O)N2c2cccc(C)c2)ccc1O. The lowest BCUT2D eigenvalue weighted by molar-refractivity contribution is -0.132. The van der Waals surface area contributed by atoms with Crippen LogP contribution in [0.15, 0.2) is 78.4 Å². The highest BCUT2D eigenvalue weighted by Crippen LogP contribution is 2.44. The zero-order chi connectivity index (χ0) is 22.1. The monoisotopic (exact) mass is 415 g/mol. The summed E-state index contributed by atoms with van der Waals surface area (Å²) in [6, 6.07) is 19.6. The van der Waals surface area contributed by atoms with Crippen molar-refractivity contribution in [2.24, 2.45) is 0 Å². The lowest BCUT2D eigenvalue weighted by Crippen LogP contribution is -2.29. The van der Waals surface area contributed by atoms with E-state index in [1.807, 2.05) is 13.0 Å². The van der Waals surface area contributed by atoms with Gasteiger partial charge in [0.2, 0.25) is 0 Å². The highest BCUT2D eigenvalue weighted by atomic mass is 16.5. The number of phenols is 1. The average molecular weight is 415 g/mol. The number of rotatable bonds is 4. The van der Waals surface area contributed by atoms with E-state index in [0.717, 1.165) is 5.56 Å². The number of methoxy groups -OCH3 is 1. The van der Waals surface area contributed by atoms with Gasteiger partial charge in [0.15, 0.2) is 11.5 Å². The Labute approximate surface area is 179 Å². The number of hydrogen-bond donors (Lipinski definition) is 2. The fourth-order valence-electron chi connectivity index (χ4n) is 3.81. The van der Waals surface area contributed by atoms with Crippen molar-refractivity contribution < 1.29 is 24.5 Å². The summed E-state index contributed by atoms with van der Waals surface area (Å²) in [6.45, 7) is 1.89. The summed E-state index contributed by atoms with van der Waals surface area (Å²) in [6.07, 6.45) is 0. The molecule has 31 heavy (non-hydrogen) atoms. The smallest absolute Gasteiger partial charge is 0.300 e. The van der Waals surface area contributed by atoms with Crippen molar-refractivity contribution >= 4 is 23.1 Å². The van der Waals surface area contributed by atoms with E-state index in [0.29, 0.717) is 16.8 Å². The summed E-state index contributed by atoms with van der Waals surface area (Å²) < 4.78 is 5.22. The second-order valence-corrected chi connectivity index (χ2v) is 7.31. The number of hydrogen-bond acceptors (Lipinski definition) is 5. The van der Waals surface area contributed by atoms with Crippen molar-refractivity contribution in [3.63, 3.8) is 0 Å². The maximum Gasteiger partial charge on any atom is 0.300 e. The number of carbonyl (C=O) groups excluding carboxylic acids is 2. The second-order valence-electron chi connectivity index (χ2n) is 7.31. The van der Waals surface area contributed by atoms with Crippen LogP contribution in [0, 0.1) is 6.92 Å². The van der Waals surface area contributed by atoms with Crippen LogP contribution in [0.5, 0.6) is 11.5 Å². The summed E-state index contributed by atoms with van der Waals surface area (Å²) in [7, 11) is 1.42. The second kappa shape index (κ2) is 7.99. The number of aryl methyl sites for hydroxylation is 1. The van der Waals surface area contributed by atoms with Gasteiger partial charge >= 0.3 is 0 Å². The van der Waals surface area contributed by atoms with Gasteiger partial charge in [-0.05, 0) is 42.3 Å². The minimum Gasteiger partial charge on any atom is -0.507 e. The normalized spacial score (nSPS) is 17.7. The predicted molar refractivity (Wildman–Crippen MR) is 117 cm³/mol. The van der Waals surface area contributed by atoms with E-state index >= 15 is 0 Å². The van der Waals surface area contributed by atoms with Crippen molar-refractivity contribution in [2.75, 3.05) is 12.0 Å². The largest absolute Gasteiger partial charge is 0.507 e. The molecule has 1 aliphatic heterocycles. The number of aliphatic hydroxyl groups excluding tert-OH is 1. The van der Waals surface area contributed by atoms with Crippen LogP contribution in [0.1, 0.15) is 22.7 Å². The van der Waals surface area contributed by atoms with Gasteiger partial charge in [-0.1, -0.05) is 48.5 Å². The van der Waals surface area contributed by atoms with Crippen LogP contribution in [0.25, 0.3) is 5.76 Å². The third kappa shape index (κ3) is 3.53. The predicted octanol–water partition coefficient (Wildman–Crippen LogP) is 4.34. The molecule has 156 valence electrons. The number of phenolic OH excluding ortho intramolecular Hbond substituents is 1. The van der Waals surface area contributed by atoms with Crippen molar-refractivity contribution in [1.29, 1.82) is 0 Å². The Morgan fingerprint density at radius 3 is 2.39 bits per heavy atom. The Balaban J connectivity index is 1.98. The van der Waals surface area contributed by atoms with E-state index in [9.17, 15) is 19.8 Å². The molecule has 6 nitrogen and oxygen atoms in total. The molecule has 0 aliphatic carbocycles. The van der Waals surface area contributed by atoms with E-state index in [1.165, 1.54) is 18.1 Å². The minimum absolute atomic E-state index is 0.0227. The van der Waals surface area contributed by atoms with Crippen molar-refractivity contribution in [3.05, 3.63) is 95.1 Å². The molecule has 1 saturated heterocycles. The molecule has 1 amide bonds. The van der Waals surface area contributed by atoms with Gasteiger partial charge in [0.25, 0.3) is 11.7 Å². The van der Waals surface area contributed by atoms with E-state index in [4.69, 9.17) is 4.74 Å². The lowest BCUT2D eigenvalue weighted by atomic mass is 9.94. The third-order valence-electron chi connectivity index (χ3n) is 5.29. The van der Waals surface area contributed by atoms with Crippen LogP contribution >= 0.6 is 0 Å². The molecule has 2 N–H and O–H groups in total. The Morgan fingerprint density at radius 2 is 1.71 bits per heavy atom. The average Bonchev–Trinajstić information content (AvgIpc) is 3.05. The topological polar surface area (TPSA) is 87.1 Å². The highest BCUT2D eigenvalue weighted by molar-refractivity contribution is 6.51. The number of aliphatic hydroxyl groups is 1. The number of amides is 1. The first kappa shape index (κ1) is 20.2. The van der Waals surface area contributed by atoms with Gasteiger partial charge < -0.3 is 14.9 Å². The first-order chi connectivity index (χ1) is 14.9. The molecule has 0 aromatic heterocycles. The lowest BCUT2D eigenvalue weighted by Gasteiger charge is -2.26. The zero-order valence-electron chi connectivity index (χ0n) is 17.1. The number of nitrogens with zero attached hydrogens (tertiary/aromatic N) is 1. The number of benzene rings is 3. The van der Waals surface area contributed by atoms with E-state index in [2.05, 4.69) is 0 Å². The molecule has 1 heterocycles. The number of ketones is 1. The molecule has 0 bridgehead atoms. The van der Waals surface area contributed by atoms with E-state index in [-0.39, 0.29) is 22.8 Å². The highest BCUT2D eigenvalue weighted by Gasteiger charge is 2.47. The van der Waals surface area contributed by atoms with Gasteiger partial charge in [0.1, 0.15) is 5.76 Å². The maximum absolute atomic E-state index is 13.1. The molecule has 0 saturated carbocycles. The van der Waals surface area contributed by atoms with Gasteiger partial charge in [-0.2, -0.15) is 0 Å². The van der Waals surface area contributed by atoms with Gasteiger partial charge in [-0.3, -0.25) is 14.5 Å². The van der Waals surface area contributed by atoms with Gasteiger partial charge in [-0.25, -0.2) is 0 Å². The van der Waals surface area contributed by atoms with Crippen LogP contribution in [0.3, 0.4) is 0 Å². The first-order valence-corrected chi connectivity index (χ1v) is 9.72. The van der Waals surface area contributed by atoms with Crippen molar-refractivity contribution in [2.45, 2.75) is 13.0 Å². The molecule has 1 unspecified atom stereocenters. The Morgan fingerprint density at radius 1 is 0.968 bits per heavy atom. The zero-order valence-corrected chi connectivity index (χ0v) is 17.1. The number of ether oxygens (including phenoxy) is 1. The van der Waals surface area contributed by atoms with E-state index < -0.39 is 17.7 Å². The summed E-state index contributed by atoms with van der Waals surface area (Å²) in [4.78, 5) is 27.6. The Hall–Kier alpha value is -4.06. The van der Waals surface area contributed by atoms with Crippen LogP contribution < -0.4 is 9.64 Å². The van der Waals surface area contributed by atoms with Crippen LogP contribution in [-0.4, -0.2) is 29.0 Å². The molecule has 3 aromatic carbocycles. The van der Waals surface area contributed by atoms with Crippen LogP contribution in [0.2, 0.25) is 0 Å². The summed E-state index contributed by atoms with van der Waals surface area (Å²) in [5.41, 5.74) is 2.38. The molecule has 1 aliphatic rings. The molecular weight excluding hydrogens is 394 g/mol. The summed E-state index contributed by atoms with van der Waals surface area (Å²) in [5, 5.41) is 21.1. The van der Waals surface area contributed by atoms with Crippen molar-refractivity contribution in [1.82, 2.24) is 0 Å². The van der Waals surface area contributed by atoms with Gasteiger partial charge in [0.05, 0.1) is 18.7 Å². The number of aromatic hydroxyl groups is 1. The molecule has 0 spiro atoms. The standard InChI is InChI=1S/C25H21NO5/c1-15-7-6-10-18(13-15)26-22(17-11-12-19(27)20(14-17)31-2)21(24(29)25(26)30)23(28)16-8-4-3-5-9-16/h3-14,22,27-28H,1-2H3/b23-21-. The summed E-state index contributed by atoms with van der Waals surface area (Å²) >= 11 is 0. The van der Waals surface area contributed by atoms with Gasteiger partial charge in [-0.15, -0.1) is 0 Å². The molecule has 0 radical (unpaired) electrons. The fraction of sp³-hybridized carbons (Fsp3) is 0.120. The molecule has 6 heteroatoms. The molecule has 4 rings (SSSR count). The van der Waals surface area contributed by atoms with Gasteiger partial charge in [0, 0.05) is 11.3 Å². The van der Waals surface area contributed by atoms with Crippen LogP contribution in [-0.2, 0) is 9.59 Å². The Kier molecular flexibility index (Phi) is 5.21. The first-order valence-electron chi connectivity index (χ1n) is 9.72. The fourth-order valence-corrected chi connectivity index (χ4v) is 3.81. The van der Waals surface area contributed by atoms with Crippen molar-refractivity contribution in [3.8, 4) is 11.5 Å². The maximum atomic E-state index is 13.1. The summed E-state index contributed by atoms with van der Waals surface area (Å²) in [5.74, 6) is -1.64. The van der Waals surface area contributed by atoms with E-state index in [1.54, 1.807) is 60.7 Å².